The third kappa shape index (κ3) is 4.06. The molecule has 0 atom stereocenters. The highest BCUT2D eigenvalue weighted by Crippen LogP contribution is 1.88. The van der Waals surface area contributed by atoms with Crippen molar-refractivity contribution in [3.8, 4) is 0 Å². The molecular formula is C10H11FN2. The fraction of sp³-hybridized carbons (Fsp3) is 0.100. The van der Waals surface area contributed by atoms with E-state index in [1.54, 1.807) is 0 Å². The highest BCUT2D eigenvalue weighted by atomic mass is 19.1. The van der Waals surface area contributed by atoms with Crippen molar-refractivity contribution in [2.45, 2.75) is 6.92 Å². The molecule has 0 unspecified atom stereocenters. The average molecular weight is 178 g/mol. The minimum atomic E-state index is -0.241. The van der Waals surface area contributed by atoms with Crippen LogP contribution in [0.3, 0.4) is 0 Å². The van der Waals surface area contributed by atoms with Crippen LogP contribution in [0, 0.1) is 12.7 Å². The second kappa shape index (κ2) is 5.09. The van der Waals surface area contributed by atoms with Crippen LogP contribution < -0.4 is 0 Å². The van der Waals surface area contributed by atoms with Crippen LogP contribution in [-0.2, 0) is 0 Å². The van der Waals surface area contributed by atoms with E-state index >= 15 is 0 Å². The molecule has 2 nitrogen and oxygen atoms in total. The zero-order valence-electron chi connectivity index (χ0n) is 7.37. The van der Waals surface area contributed by atoms with Crippen molar-refractivity contribution in [3.05, 3.63) is 54.4 Å². The number of nitrogens with zero attached hydrogens (tertiary/aromatic N) is 1. The number of aryl methyl sites for hydroxylation is 1. The van der Waals surface area contributed by atoms with E-state index in [1.807, 2.05) is 25.3 Å². The van der Waals surface area contributed by atoms with E-state index in [0.717, 1.165) is 0 Å². The molecule has 0 amide bonds. The van der Waals surface area contributed by atoms with E-state index in [-0.39, 0.29) is 5.82 Å². The molecule has 2 rings (SSSR count). The minimum absolute atomic E-state index is 0.241. The molecule has 0 spiro atoms. The highest BCUT2D eigenvalue weighted by molar-refractivity contribution is 4.99. The van der Waals surface area contributed by atoms with E-state index in [9.17, 15) is 4.39 Å². The van der Waals surface area contributed by atoms with Crippen LogP contribution in [0.2, 0.25) is 0 Å². The maximum Gasteiger partial charge on any atom is 0.126 e. The summed E-state index contributed by atoms with van der Waals surface area (Å²) in [6, 6.07) is 6.62. The van der Waals surface area contributed by atoms with Crippen molar-refractivity contribution in [1.82, 2.24) is 9.97 Å². The number of hydrogen-bond donors (Lipinski definition) is 1. The van der Waals surface area contributed by atoms with Crippen molar-refractivity contribution in [2.75, 3.05) is 0 Å². The number of pyridine rings is 1. The van der Waals surface area contributed by atoms with Crippen LogP contribution in [0.1, 0.15) is 5.69 Å². The summed E-state index contributed by atoms with van der Waals surface area (Å²) in [5.74, 6) is -0.241. The lowest BCUT2D eigenvalue weighted by molar-refractivity contribution is 0.625. The SMILES string of the molecule is Cc1ccc[nH]1.Fc1ccncc1. The van der Waals surface area contributed by atoms with Crippen LogP contribution in [0.25, 0.3) is 0 Å². The molecular weight excluding hydrogens is 167 g/mol. The average Bonchev–Trinajstić information content (AvgIpc) is 2.58. The third-order valence-corrected chi connectivity index (χ3v) is 1.39. The van der Waals surface area contributed by atoms with Crippen LogP contribution >= 0.6 is 0 Å². The normalized spacial score (nSPS) is 8.77. The molecule has 0 aliphatic carbocycles. The first-order valence-corrected chi connectivity index (χ1v) is 3.94. The van der Waals surface area contributed by atoms with Gasteiger partial charge in [0.1, 0.15) is 5.82 Å². The number of hydrogen-bond acceptors (Lipinski definition) is 1. The van der Waals surface area contributed by atoms with Gasteiger partial charge in [-0.15, -0.1) is 0 Å². The molecule has 13 heavy (non-hydrogen) atoms. The number of aromatic nitrogens is 2. The second-order valence-electron chi connectivity index (χ2n) is 2.52. The molecule has 2 aromatic rings. The topological polar surface area (TPSA) is 28.7 Å². The maximum absolute atomic E-state index is 11.9. The first kappa shape index (κ1) is 9.45. The Bertz CT molecular complexity index is 316. The Hall–Kier alpha value is -1.64. The highest BCUT2D eigenvalue weighted by Gasteiger charge is 1.78. The number of H-pyrrole nitrogens is 1. The standard InChI is InChI=1S/C5H4FN.C5H7N/c6-5-1-3-7-4-2-5;1-5-3-2-4-6-5/h1-4H;2-4,6H,1H3. The van der Waals surface area contributed by atoms with Gasteiger partial charge in [-0.1, -0.05) is 0 Å². The molecule has 0 fully saturated rings. The summed E-state index contributed by atoms with van der Waals surface area (Å²) in [5, 5.41) is 0. The summed E-state index contributed by atoms with van der Waals surface area (Å²) in [5.41, 5.74) is 1.22. The number of rotatable bonds is 0. The molecule has 0 aliphatic rings. The molecule has 0 aliphatic heterocycles. The van der Waals surface area contributed by atoms with E-state index in [4.69, 9.17) is 0 Å². The van der Waals surface area contributed by atoms with Gasteiger partial charge >= 0.3 is 0 Å². The van der Waals surface area contributed by atoms with Crippen LogP contribution in [0.5, 0.6) is 0 Å². The fourth-order valence-corrected chi connectivity index (χ4v) is 0.754. The van der Waals surface area contributed by atoms with E-state index in [1.165, 1.54) is 30.2 Å². The number of nitrogens with one attached hydrogen (secondary N) is 1. The molecule has 0 saturated heterocycles. The largest absolute Gasteiger partial charge is 0.365 e. The fourth-order valence-electron chi connectivity index (χ4n) is 0.754. The molecule has 0 aromatic carbocycles. The van der Waals surface area contributed by atoms with Crippen molar-refractivity contribution < 1.29 is 4.39 Å². The van der Waals surface area contributed by atoms with E-state index in [0.29, 0.717) is 0 Å². The van der Waals surface area contributed by atoms with Gasteiger partial charge in [-0.3, -0.25) is 4.98 Å². The molecule has 2 heterocycles. The predicted molar refractivity (Wildman–Crippen MR) is 49.7 cm³/mol. The van der Waals surface area contributed by atoms with Gasteiger partial charge in [-0.05, 0) is 31.2 Å². The number of halogens is 1. The van der Waals surface area contributed by atoms with Crippen molar-refractivity contribution >= 4 is 0 Å². The molecule has 1 N–H and O–H groups in total. The molecule has 3 heteroatoms. The summed E-state index contributed by atoms with van der Waals surface area (Å²) < 4.78 is 11.9. The van der Waals surface area contributed by atoms with Gasteiger partial charge < -0.3 is 4.98 Å². The third-order valence-electron chi connectivity index (χ3n) is 1.39. The maximum atomic E-state index is 11.9. The second-order valence-corrected chi connectivity index (χ2v) is 2.52. The Balaban J connectivity index is 0.000000132. The molecule has 68 valence electrons. The summed E-state index contributed by atoms with van der Waals surface area (Å²) in [6.07, 6.45) is 4.74. The Labute approximate surface area is 76.5 Å². The van der Waals surface area contributed by atoms with E-state index in [2.05, 4.69) is 9.97 Å². The summed E-state index contributed by atoms with van der Waals surface area (Å²) >= 11 is 0. The van der Waals surface area contributed by atoms with Gasteiger partial charge in [-0.25, -0.2) is 4.39 Å². The molecule has 0 bridgehead atoms. The first-order chi connectivity index (χ1) is 6.29. The predicted octanol–water partition coefficient (Wildman–Crippen LogP) is 2.54. The Kier molecular flexibility index (Phi) is 3.70. The van der Waals surface area contributed by atoms with Crippen molar-refractivity contribution in [3.63, 3.8) is 0 Å². The minimum Gasteiger partial charge on any atom is -0.365 e. The first-order valence-electron chi connectivity index (χ1n) is 3.94. The summed E-state index contributed by atoms with van der Waals surface area (Å²) in [6.45, 7) is 2.03. The monoisotopic (exact) mass is 178 g/mol. The molecule has 0 radical (unpaired) electrons. The lowest BCUT2D eigenvalue weighted by Crippen LogP contribution is -1.69. The van der Waals surface area contributed by atoms with Gasteiger partial charge in [-0.2, -0.15) is 0 Å². The quantitative estimate of drug-likeness (QED) is 0.659. The Morgan fingerprint density at radius 2 is 1.92 bits per heavy atom. The Morgan fingerprint density at radius 1 is 1.23 bits per heavy atom. The van der Waals surface area contributed by atoms with Gasteiger partial charge in [0, 0.05) is 24.3 Å². The smallest absolute Gasteiger partial charge is 0.126 e. The molecule has 2 aromatic heterocycles. The van der Waals surface area contributed by atoms with Crippen LogP contribution in [0.4, 0.5) is 4.39 Å². The summed E-state index contributed by atoms with van der Waals surface area (Å²) in [7, 11) is 0. The Morgan fingerprint density at radius 3 is 2.15 bits per heavy atom. The van der Waals surface area contributed by atoms with Crippen LogP contribution in [-0.4, -0.2) is 9.97 Å². The summed E-state index contributed by atoms with van der Waals surface area (Å²) in [4.78, 5) is 6.61. The molecule has 0 saturated carbocycles. The number of aromatic amines is 1. The van der Waals surface area contributed by atoms with Gasteiger partial charge in [0.25, 0.3) is 0 Å². The zero-order chi connectivity index (χ0) is 9.52. The van der Waals surface area contributed by atoms with Gasteiger partial charge in [0.15, 0.2) is 0 Å². The lowest BCUT2D eigenvalue weighted by Gasteiger charge is -1.78. The van der Waals surface area contributed by atoms with Crippen molar-refractivity contribution in [1.29, 1.82) is 0 Å². The lowest BCUT2D eigenvalue weighted by atomic mass is 10.5. The van der Waals surface area contributed by atoms with Crippen molar-refractivity contribution in [2.24, 2.45) is 0 Å². The van der Waals surface area contributed by atoms with E-state index < -0.39 is 0 Å². The van der Waals surface area contributed by atoms with Gasteiger partial charge in [0.05, 0.1) is 0 Å². The van der Waals surface area contributed by atoms with Crippen LogP contribution in [0.15, 0.2) is 42.9 Å². The zero-order valence-corrected chi connectivity index (χ0v) is 7.37. The van der Waals surface area contributed by atoms with Gasteiger partial charge in [0.2, 0.25) is 0 Å².